The molecule has 2 aromatic rings. The van der Waals surface area contributed by atoms with Gasteiger partial charge in [0.2, 0.25) is 5.91 Å². The van der Waals surface area contributed by atoms with Crippen molar-refractivity contribution < 1.29 is 9.59 Å². The Morgan fingerprint density at radius 3 is 2.72 bits per heavy atom. The van der Waals surface area contributed by atoms with E-state index in [0.717, 1.165) is 42.6 Å². The number of amides is 2. The average molecular weight is 335 g/mol. The molecule has 128 valence electrons. The van der Waals surface area contributed by atoms with Crippen molar-refractivity contribution >= 4 is 28.9 Å². The van der Waals surface area contributed by atoms with E-state index in [2.05, 4.69) is 5.32 Å². The molecule has 0 aromatic heterocycles. The molecule has 4 rings (SSSR count). The molecule has 5 nitrogen and oxygen atoms in total. The number of benzene rings is 2. The Kier molecular flexibility index (Phi) is 3.92. The molecule has 1 fully saturated rings. The van der Waals surface area contributed by atoms with Gasteiger partial charge in [-0.25, -0.2) is 0 Å². The number of carbonyl (C=O) groups excluding carboxylic acids is 2. The van der Waals surface area contributed by atoms with Crippen LogP contribution in [0.2, 0.25) is 0 Å². The Balaban J connectivity index is 1.59. The normalized spacial score (nSPS) is 16.2. The third kappa shape index (κ3) is 3.09. The first kappa shape index (κ1) is 15.7. The van der Waals surface area contributed by atoms with Crippen LogP contribution in [0, 0.1) is 5.92 Å². The van der Waals surface area contributed by atoms with E-state index in [9.17, 15) is 9.59 Å². The first-order valence-corrected chi connectivity index (χ1v) is 8.73. The highest BCUT2D eigenvalue weighted by atomic mass is 16.2. The monoisotopic (exact) mass is 335 g/mol. The molecular weight excluding hydrogens is 314 g/mol. The fourth-order valence-corrected chi connectivity index (χ4v) is 3.34. The van der Waals surface area contributed by atoms with Gasteiger partial charge in [-0.15, -0.1) is 0 Å². The molecule has 1 heterocycles. The van der Waals surface area contributed by atoms with Gasteiger partial charge in [-0.05, 0) is 61.6 Å². The minimum Gasteiger partial charge on any atom is -0.398 e. The zero-order valence-electron chi connectivity index (χ0n) is 14.0. The van der Waals surface area contributed by atoms with E-state index in [1.165, 1.54) is 0 Å². The first-order valence-electron chi connectivity index (χ1n) is 8.73. The SMILES string of the molecule is Nc1cccc2c1CCCN2C(=O)c1cccc(NC(=O)C2CC2)c1. The van der Waals surface area contributed by atoms with Gasteiger partial charge in [0.15, 0.2) is 0 Å². The van der Waals surface area contributed by atoms with Gasteiger partial charge in [-0.2, -0.15) is 0 Å². The molecule has 1 saturated carbocycles. The fourth-order valence-electron chi connectivity index (χ4n) is 3.34. The lowest BCUT2D eigenvalue weighted by Gasteiger charge is -2.30. The smallest absolute Gasteiger partial charge is 0.258 e. The zero-order valence-corrected chi connectivity index (χ0v) is 14.0. The van der Waals surface area contributed by atoms with Crippen molar-refractivity contribution in [2.45, 2.75) is 25.7 Å². The molecule has 1 aliphatic carbocycles. The van der Waals surface area contributed by atoms with Crippen molar-refractivity contribution in [2.75, 3.05) is 22.5 Å². The average Bonchev–Trinajstić information content (AvgIpc) is 3.46. The summed E-state index contributed by atoms with van der Waals surface area (Å²) in [4.78, 5) is 26.8. The van der Waals surface area contributed by atoms with Crippen LogP contribution in [0.25, 0.3) is 0 Å². The Labute approximate surface area is 146 Å². The first-order chi connectivity index (χ1) is 12.1. The van der Waals surface area contributed by atoms with E-state index in [-0.39, 0.29) is 17.7 Å². The quantitative estimate of drug-likeness (QED) is 0.846. The van der Waals surface area contributed by atoms with Gasteiger partial charge in [0.1, 0.15) is 0 Å². The number of hydrogen-bond acceptors (Lipinski definition) is 3. The van der Waals surface area contributed by atoms with Gasteiger partial charge in [0, 0.05) is 35.1 Å². The molecule has 3 N–H and O–H groups in total. The summed E-state index contributed by atoms with van der Waals surface area (Å²) >= 11 is 0. The number of anilines is 3. The predicted molar refractivity (Wildman–Crippen MR) is 98.6 cm³/mol. The fraction of sp³-hybridized carbons (Fsp3) is 0.300. The van der Waals surface area contributed by atoms with Crippen LogP contribution in [0.5, 0.6) is 0 Å². The molecule has 2 aromatic carbocycles. The van der Waals surface area contributed by atoms with Crippen molar-refractivity contribution in [2.24, 2.45) is 5.92 Å². The lowest BCUT2D eigenvalue weighted by molar-refractivity contribution is -0.117. The standard InChI is InChI=1S/C20H21N3O2/c21-17-7-2-8-18-16(17)6-3-11-23(18)20(25)14-4-1-5-15(12-14)22-19(24)13-9-10-13/h1-2,4-5,7-8,12-13H,3,6,9-11,21H2,(H,22,24). The van der Waals surface area contributed by atoms with Crippen molar-refractivity contribution in [3.8, 4) is 0 Å². The van der Waals surface area contributed by atoms with Gasteiger partial charge >= 0.3 is 0 Å². The number of fused-ring (bicyclic) bond motifs is 1. The molecule has 1 aliphatic heterocycles. The molecule has 0 bridgehead atoms. The van der Waals surface area contributed by atoms with E-state index in [1.54, 1.807) is 23.1 Å². The van der Waals surface area contributed by atoms with E-state index in [4.69, 9.17) is 5.73 Å². The lowest BCUT2D eigenvalue weighted by Crippen LogP contribution is -2.35. The largest absolute Gasteiger partial charge is 0.398 e. The molecule has 0 unspecified atom stereocenters. The van der Waals surface area contributed by atoms with Crippen molar-refractivity contribution in [1.29, 1.82) is 0 Å². The maximum absolute atomic E-state index is 13.0. The van der Waals surface area contributed by atoms with Crippen molar-refractivity contribution in [1.82, 2.24) is 0 Å². The topological polar surface area (TPSA) is 75.4 Å². The third-order valence-electron chi connectivity index (χ3n) is 4.86. The van der Waals surface area contributed by atoms with Crippen molar-refractivity contribution in [3.05, 3.63) is 53.6 Å². The predicted octanol–water partition coefficient (Wildman–Crippen LogP) is 3.21. The number of hydrogen-bond donors (Lipinski definition) is 2. The Morgan fingerprint density at radius 1 is 1.12 bits per heavy atom. The second kappa shape index (κ2) is 6.24. The van der Waals surface area contributed by atoms with Crippen LogP contribution in [-0.4, -0.2) is 18.4 Å². The summed E-state index contributed by atoms with van der Waals surface area (Å²) < 4.78 is 0. The third-order valence-corrected chi connectivity index (χ3v) is 4.86. The highest BCUT2D eigenvalue weighted by Crippen LogP contribution is 2.33. The second-order valence-electron chi connectivity index (χ2n) is 6.75. The molecule has 0 radical (unpaired) electrons. The Bertz CT molecular complexity index is 843. The van der Waals surface area contributed by atoms with E-state index in [0.29, 0.717) is 17.8 Å². The Hall–Kier alpha value is -2.82. The van der Waals surface area contributed by atoms with Gasteiger partial charge in [0.05, 0.1) is 0 Å². The molecule has 0 atom stereocenters. The summed E-state index contributed by atoms with van der Waals surface area (Å²) in [5.41, 5.74) is 9.99. The van der Waals surface area contributed by atoms with Crippen LogP contribution >= 0.6 is 0 Å². The second-order valence-corrected chi connectivity index (χ2v) is 6.75. The number of carbonyl (C=O) groups is 2. The summed E-state index contributed by atoms with van der Waals surface area (Å²) in [7, 11) is 0. The van der Waals surface area contributed by atoms with Gasteiger partial charge in [-0.3, -0.25) is 9.59 Å². The van der Waals surface area contributed by atoms with Crippen LogP contribution in [0.4, 0.5) is 17.1 Å². The molecule has 0 saturated heterocycles. The summed E-state index contributed by atoms with van der Waals surface area (Å²) in [6, 6.07) is 12.9. The highest BCUT2D eigenvalue weighted by molar-refractivity contribution is 6.08. The maximum Gasteiger partial charge on any atom is 0.258 e. The number of nitrogens with zero attached hydrogens (tertiary/aromatic N) is 1. The molecule has 25 heavy (non-hydrogen) atoms. The number of rotatable bonds is 3. The van der Waals surface area contributed by atoms with Gasteiger partial charge < -0.3 is 16.0 Å². The van der Waals surface area contributed by atoms with Crippen LogP contribution < -0.4 is 16.0 Å². The maximum atomic E-state index is 13.0. The molecule has 0 spiro atoms. The number of nitrogens with one attached hydrogen (secondary N) is 1. The Morgan fingerprint density at radius 2 is 1.92 bits per heavy atom. The van der Waals surface area contributed by atoms with Gasteiger partial charge in [-0.1, -0.05) is 12.1 Å². The van der Waals surface area contributed by atoms with E-state index >= 15 is 0 Å². The number of nitrogens with two attached hydrogens (primary N) is 1. The van der Waals surface area contributed by atoms with Crippen LogP contribution in [0.3, 0.4) is 0 Å². The lowest BCUT2D eigenvalue weighted by atomic mass is 9.99. The zero-order chi connectivity index (χ0) is 17.4. The summed E-state index contributed by atoms with van der Waals surface area (Å²) in [5, 5.41) is 2.90. The number of nitrogen functional groups attached to an aromatic ring is 1. The van der Waals surface area contributed by atoms with E-state index in [1.807, 2.05) is 24.3 Å². The van der Waals surface area contributed by atoms with E-state index < -0.39 is 0 Å². The summed E-state index contributed by atoms with van der Waals surface area (Å²) in [6.07, 6.45) is 3.70. The summed E-state index contributed by atoms with van der Waals surface area (Å²) in [6.45, 7) is 0.675. The minimum absolute atomic E-state index is 0.0423. The minimum atomic E-state index is -0.0610. The molecular formula is C20H21N3O2. The van der Waals surface area contributed by atoms with Gasteiger partial charge in [0.25, 0.3) is 5.91 Å². The van der Waals surface area contributed by atoms with Crippen LogP contribution in [0.15, 0.2) is 42.5 Å². The summed E-state index contributed by atoms with van der Waals surface area (Å²) in [5.74, 6) is 0.117. The highest BCUT2D eigenvalue weighted by Gasteiger charge is 2.30. The van der Waals surface area contributed by atoms with Crippen LogP contribution in [-0.2, 0) is 11.2 Å². The van der Waals surface area contributed by atoms with Crippen molar-refractivity contribution in [3.63, 3.8) is 0 Å². The molecule has 2 amide bonds. The van der Waals surface area contributed by atoms with Crippen LogP contribution in [0.1, 0.15) is 35.2 Å². The molecule has 5 heteroatoms. The molecule has 2 aliphatic rings.